The largest absolute Gasteiger partial charge is 0.545 e. The summed E-state index contributed by atoms with van der Waals surface area (Å²) in [5.74, 6) is 0.288. The number of rotatable bonds is 6. The van der Waals surface area contributed by atoms with E-state index in [2.05, 4.69) is 19.6 Å². The molecule has 3 aliphatic rings. The van der Waals surface area contributed by atoms with Crippen molar-refractivity contribution in [1.82, 2.24) is 0 Å². The highest BCUT2D eigenvalue weighted by atomic mass is 28.4. The summed E-state index contributed by atoms with van der Waals surface area (Å²) in [7, 11) is -0.423. The number of anilines is 1. The van der Waals surface area contributed by atoms with Crippen LogP contribution in [0.5, 0.6) is 0 Å². The van der Waals surface area contributed by atoms with E-state index in [0.29, 0.717) is 17.9 Å². The summed E-state index contributed by atoms with van der Waals surface area (Å²) >= 11 is 0. The molecule has 33 heavy (non-hydrogen) atoms. The number of carbonyl (C=O) groups excluding carboxylic acids is 2. The third-order valence-corrected chi connectivity index (χ3v) is 7.11. The maximum Gasteiger partial charge on any atom is 0.311 e. The summed E-state index contributed by atoms with van der Waals surface area (Å²) in [5, 5.41) is 1.30. The Morgan fingerprint density at radius 1 is 1.27 bits per heavy atom. The predicted octanol–water partition coefficient (Wildman–Crippen LogP) is 4.52. The number of fused-ring (bicyclic) bond motifs is 2. The van der Waals surface area contributed by atoms with Crippen LogP contribution in [0.3, 0.4) is 0 Å². The molecule has 0 aromatic heterocycles. The highest BCUT2D eigenvalue weighted by molar-refractivity contribution is 6.70. The molecule has 2 heterocycles. The number of hydrogen-bond donors (Lipinski definition) is 0. The molecular formula is C25H33NO6Si. The standard InChI is InChI=1S/C25H33NO6Si/c1-24(2,3)23(28)31-15-25(18-13-30-14-20(21(18)25)32-33(5,6)7)12-17-16-10-8-9-11-19(16)26(29-4)22(17)27/h8-12,14,18,21H,13,15H2,1-7H3/b17-12+/t18-,21-,25+/m0/s1. The van der Waals surface area contributed by atoms with E-state index in [-0.39, 0.29) is 30.3 Å². The number of hydroxylamine groups is 1. The maximum atomic E-state index is 13.3. The van der Waals surface area contributed by atoms with Crippen molar-refractivity contribution in [3.63, 3.8) is 0 Å². The molecule has 0 saturated heterocycles. The van der Waals surface area contributed by atoms with E-state index < -0.39 is 19.1 Å². The van der Waals surface area contributed by atoms with E-state index in [0.717, 1.165) is 11.3 Å². The molecule has 0 N–H and O–H groups in total. The molecule has 7 nitrogen and oxygen atoms in total. The molecule has 1 aromatic rings. The van der Waals surface area contributed by atoms with Gasteiger partial charge in [-0.15, -0.1) is 0 Å². The van der Waals surface area contributed by atoms with Gasteiger partial charge < -0.3 is 13.9 Å². The van der Waals surface area contributed by atoms with Crippen LogP contribution in [-0.2, 0) is 28.3 Å². The van der Waals surface area contributed by atoms with E-state index in [1.54, 1.807) is 6.26 Å². The van der Waals surface area contributed by atoms with Crippen LogP contribution in [0.15, 0.2) is 42.4 Å². The van der Waals surface area contributed by atoms with Crippen molar-refractivity contribution in [2.75, 3.05) is 25.4 Å². The molecule has 4 rings (SSSR count). The first-order valence-electron chi connectivity index (χ1n) is 11.3. The SMILES string of the molecule is CON1C(=O)/C(=C/[C@]2(COC(=O)C(C)(C)C)[C@@H]3C(O[Si](C)(C)C)=COC[C@@H]32)c2ccccc21. The topological polar surface area (TPSA) is 74.3 Å². The zero-order valence-electron chi connectivity index (χ0n) is 20.4. The highest BCUT2D eigenvalue weighted by Crippen LogP contribution is 2.66. The summed E-state index contributed by atoms with van der Waals surface area (Å²) in [4.78, 5) is 31.3. The Labute approximate surface area is 196 Å². The summed E-state index contributed by atoms with van der Waals surface area (Å²) in [6.45, 7) is 12.5. The number of allylic oxidation sites excluding steroid dienone is 1. The zero-order valence-corrected chi connectivity index (χ0v) is 21.4. The Kier molecular flexibility index (Phi) is 5.73. The monoisotopic (exact) mass is 471 g/mol. The minimum Gasteiger partial charge on any atom is -0.545 e. The van der Waals surface area contributed by atoms with Gasteiger partial charge in [0.05, 0.1) is 24.8 Å². The van der Waals surface area contributed by atoms with Crippen LogP contribution in [0.25, 0.3) is 5.57 Å². The van der Waals surface area contributed by atoms with Gasteiger partial charge in [0.1, 0.15) is 18.6 Å². The molecule has 0 radical (unpaired) electrons. The number of esters is 1. The molecule has 1 saturated carbocycles. The summed E-state index contributed by atoms with van der Waals surface area (Å²) in [5.41, 5.74) is 0.825. The van der Waals surface area contributed by atoms with Crippen molar-refractivity contribution < 1.29 is 28.3 Å². The van der Waals surface area contributed by atoms with Crippen molar-refractivity contribution in [1.29, 1.82) is 0 Å². The van der Waals surface area contributed by atoms with Crippen molar-refractivity contribution in [3.05, 3.63) is 47.9 Å². The second-order valence-corrected chi connectivity index (χ2v) is 15.4. The van der Waals surface area contributed by atoms with Gasteiger partial charge in [-0.25, -0.2) is 0 Å². The first-order valence-corrected chi connectivity index (χ1v) is 14.7. The van der Waals surface area contributed by atoms with E-state index >= 15 is 0 Å². The van der Waals surface area contributed by atoms with E-state index in [1.165, 1.54) is 12.2 Å². The number of para-hydroxylation sites is 1. The second kappa shape index (κ2) is 8.02. The van der Waals surface area contributed by atoms with Crippen LogP contribution < -0.4 is 5.06 Å². The first kappa shape index (κ1) is 23.6. The predicted molar refractivity (Wildman–Crippen MR) is 127 cm³/mol. The van der Waals surface area contributed by atoms with Gasteiger partial charge in [0.15, 0.2) is 0 Å². The van der Waals surface area contributed by atoms with Crippen LogP contribution in [0.1, 0.15) is 26.3 Å². The fourth-order valence-corrected chi connectivity index (χ4v) is 5.53. The molecular weight excluding hydrogens is 438 g/mol. The van der Waals surface area contributed by atoms with Crippen LogP contribution in [0.2, 0.25) is 19.6 Å². The summed E-state index contributed by atoms with van der Waals surface area (Å²) in [6.07, 6.45) is 3.66. The molecule has 1 fully saturated rings. The summed E-state index contributed by atoms with van der Waals surface area (Å²) < 4.78 is 17.9. The van der Waals surface area contributed by atoms with Gasteiger partial charge in [0.2, 0.25) is 8.32 Å². The normalized spacial score (nSPS) is 27.5. The third-order valence-electron chi connectivity index (χ3n) is 6.26. The van der Waals surface area contributed by atoms with Crippen LogP contribution in [0, 0.1) is 22.7 Å². The minimum atomic E-state index is -1.90. The van der Waals surface area contributed by atoms with Crippen molar-refractivity contribution in [2.24, 2.45) is 22.7 Å². The van der Waals surface area contributed by atoms with Crippen molar-refractivity contribution in [3.8, 4) is 0 Å². The van der Waals surface area contributed by atoms with Crippen LogP contribution in [-0.4, -0.2) is 40.5 Å². The van der Waals surface area contributed by atoms with Crippen molar-refractivity contribution >= 4 is 31.5 Å². The Balaban J connectivity index is 1.75. The minimum absolute atomic E-state index is 0.0187. The zero-order chi connectivity index (χ0) is 24.2. The Bertz CT molecular complexity index is 1030. The van der Waals surface area contributed by atoms with Crippen molar-refractivity contribution in [2.45, 2.75) is 40.4 Å². The number of nitrogens with zero attached hydrogens (tertiary/aromatic N) is 1. The van der Waals surface area contributed by atoms with E-state index in [9.17, 15) is 9.59 Å². The molecule has 0 bridgehead atoms. The van der Waals surface area contributed by atoms with E-state index in [4.69, 9.17) is 18.7 Å². The van der Waals surface area contributed by atoms with Gasteiger partial charge in [-0.3, -0.25) is 14.4 Å². The average molecular weight is 472 g/mol. The smallest absolute Gasteiger partial charge is 0.311 e. The third kappa shape index (κ3) is 4.22. The quantitative estimate of drug-likeness (QED) is 0.345. The lowest BCUT2D eigenvalue weighted by Gasteiger charge is -2.24. The van der Waals surface area contributed by atoms with Crippen LogP contribution >= 0.6 is 0 Å². The van der Waals surface area contributed by atoms with Gasteiger partial charge in [0, 0.05) is 28.4 Å². The summed E-state index contributed by atoms with van der Waals surface area (Å²) in [6, 6.07) is 7.53. The van der Waals surface area contributed by atoms with Gasteiger partial charge in [-0.1, -0.05) is 24.3 Å². The Hall–Kier alpha value is -2.58. The number of carbonyl (C=O) groups is 2. The lowest BCUT2D eigenvalue weighted by Crippen LogP contribution is -2.29. The molecule has 3 atom stereocenters. The molecule has 8 heteroatoms. The molecule has 0 unspecified atom stereocenters. The van der Waals surface area contributed by atoms with Gasteiger partial charge in [0.25, 0.3) is 5.91 Å². The molecule has 0 spiro atoms. The lowest BCUT2D eigenvalue weighted by molar-refractivity contribution is -0.154. The second-order valence-electron chi connectivity index (χ2n) is 10.9. The number of benzene rings is 1. The fraction of sp³-hybridized carbons (Fsp3) is 0.520. The maximum absolute atomic E-state index is 13.3. The number of amides is 1. The molecule has 178 valence electrons. The van der Waals surface area contributed by atoms with Crippen LogP contribution in [0.4, 0.5) is 5.69 Å². The molecule has 1 aromatic carbocycles. The highest BCUT2D eigenvalue weighted by Gasteiger charge is 2.68. The van der Waals surface area contributed by atoms with Gasteiger partial charge in [-0.2, -0.15) is 5.06 Å². The van der Waals surface area contributed by atoms with E-state index in [1.807, 2.05) is 51.1 Å². The fourth-order valence-electron chi connectivity index (χ4n) is 4.65. The Morgan fingerprint density at radius 2 is 1.97 bits per heavy atom. The molecule has 2 aliphatic heterocycles. The first-order chi connectivity index (χ1) is 15.4. The number of hydrogen-bond acceptors (Lipinski definition) is 6. The van der Waals surface area contributed by atoms with Gasteiger partial charge in [-0.05, 0) is 46.5 Å². The molecule has 1 amide bonds. The average Bonchev–Trinajstić information content (AvgIpc) is 3.28. The molecule has 1 aliphatic carbocycles. The number of ether oxygens (including phenoxy) is 2. The Morgan fingerprint density at radius 3 is 2.61 bits per heavy atom. The lowest BCUT2D eigenvalue weighted by atomic mass is 9.94. The van der Waals surface area contributed by atoms with Gasteiger partial charge >= 0.3 is 5.97 Å².